The van der Waals surface area contributed by atoms with E-state index >= 15 is 0 Å². The van der Waals surface area contributed by atoms with Crippen LogP contribution in [0.25, 0.3) is 0 Å². The van der Waals surface area contributed by atoms with Gasteiger partial charge in [-0.3, -0.25) is 4.79 Å². The Bertz CT molecular complexity index is 1100. The van der Waals surface area contributed by atoms with Crippen LogP contribution in [0.4, 0.5) is 13.2 Å². The van der Waals surface area contributed by atoms with Crippen molar-refractivity contribution in [2.24, 2.45) is 5.92 Å². The lowest BCUT2D eigenvalue weighted by Crippen LogP contribution is -2.49. The van der Waals surface area contributed by atoms with Crippen molar-refractivity contribution in [3.05, 3.63) is 81.5 Å². The maximum Gasteiger partial charge on any atom is 0.391 e. The topological polar surface area (TPSA) is 53.2 Å². The second-order valence-electron chi connectivity index (χ2n) is 11.2. The van der Waals surface area contributed by atoms with Crippen LogP contribution in [0.15, 0.2) is 64.8 Å². The molecule has 3 N–H and O–H groups in total. The van der Waals surface area contributed by atoms with Gasteiger partial charge in [0.2, 0.25) is 5.91 Å². The summed E-state index contributed by atoms with van der Waals surface area (Å²) in [6.45, 7) is 8.58. The summed E-state index contributed by atoms with van der Waals surface area (Å²) in [5.41, 5.74) is 4.36. The Morgan fingerprint density at radius 3 is 2.15 bits per heavy atom. The fourth-order valence-electron chi connectivity index (χ4n) is 4.76. The number of alkyl halides is 3. The van der Waals surface area contributed by atoms with E-state index in [9.17, 15) is 18.0 Å². The highest BCUT2D eigenvalue weighted by atomic mass is 79.9. The first kappa shape index (κ1) is 32.2. The van der Waals surface area contributed by atoms with E-state index in [-0.39, 0.29) is 17.4 Å². The van der Waals surface area contributed by atoms with Crippen molar-refractivity contribution in [3.63, 3.8) is 0 Å². The molecule has 2 aromatic carbocycles. The predicted molar refractivity (Wildman–Crippen MR) is 160 cm³/mol. The van der Waals surface area contributed by atoms with Crippen LogP contribution >= 0.6 is 15.9 Å². The number of halogens is 4. The molecule has 40 heavy (non-hydrogen) atoms. The van der Waals surface area contributed by atoms with E-state index in [4.69, 9.17) is 0 Å². The fraction of sp³-hybridized carbons (Fsp3) is 0.531. The van der Waals surface area contributed by atoms with Gasteiger partial charge in [0.1, 0.15) is 0 Å². The molecule has 2 aliphatic rings. The molecule has 1 atom stereocenters. The van der Waals surface area contributed by atoms with Crippen molar-refractivity contribution in [1.82, 2.24) is 16.0 Å². The van der Waals surface area contributed by atoms with Gasteiger partial charge in [0.15, 0.2) is 0 Å². The van der Waals surface area contributed by atoms with Crippen molar-refractivity contribution in [1.29, 1.82) is 0 Å². The van der Waals surface area contributed by atoms with Crippen LogP contribution in [0.3, 0.4) is 0 Å². The van der Waals surface area contributed by atoms with Crippen LogP contribution in [0.5, 0.6) is 0 Å². The van der Waals surface area contributed by atoms with Crippen LogP contribution < -0.4 is 16.0 Å². The molecular formula is C32H43BrF3N3O. The molecule has 0 radical (unpaired) electrons. The first-order valence-corrected chi connectivity index (χ1v) is 15.1. The zero-order chi connectivity index (χ0) is 29.3. The Kier molecular flexibility index (Phi) is 11.7. The lowest BCUT2D eigenvalue weighted by atomic mass is 9.92. The van der Waals surface area contributed by atoms with E-state index in [2.05, 4.69) is 100 Å². The van der Waals surface area contributed by atoms with Crippen molar-refractivity contribution in [3.8, 4) is 0 Å². The smallest absolute Gasteiger partial charge is 0.384 e. The Morgan fingerprint density at radius 2 is 1.65 bits per heavy atom. The molecular weight excluding hydrogens is 579 g/mol. The fourth-order valence-corrected chi connectivity index (χ4v) is 5.02. The molecule has 1 saturated carbocycles. The monoisotopic (exact) mass is 621 g/mol. The Morgan fingerprint density at radius 1 is 1.07 bits per heavy atom. The number of rotatable bonds is 9. The minimum Gasteiger partial charge on any atom is -0.384 e. The largest absolute Gasteiger partial charge is 0.391 e. The third kappa shape index (κ3) is 9.37. The van der Waals surface area contributed by atoms with Crippen LogP contribution in [0.2, 0.25) is 0 Å². The average Bonchev–Trinajstić information content (AvgIpc) is 3.72. The minimum absolute atomic E-state index is 0.0727. The highest BCUT2D eigenvalue weighted by Gasteiger charge is 2.51. The Hall–Kier alpha value is -2.32. The number of hydrogen-bond donors (Lipinski definition) is 3. The number of nitrogens with one attached hydrogen (secondary N) is 3. The number of carbonyl (C=O) groups excluding carboxylic acids is 1. The van der Waals surface area contributed by atoms with Crippen molar-refractivity contribution in [2.75, 3.05) is 13.1 Å². The highest BCUT2D eigenvalue weighted by molar-refractivity contribution is 9.10. The third-order valence-electron chi connectivity index (χ3n) is 7.61. The summed E-state index contributed by atoms with van der Waals surface area (Å²) in [5, 5.41) is 10.7. The number of allylic oxidation sites excluding steroid dienone is 1. The molecule has 0 spiro atoms. The number of benzene rings is 2. The molecule has 2 aromatic rings. The molecule has 1 amide bonds. The number of hydrogen-bond acceptors (Lipinski definition) is 3. The maximum atomic E-state index is 13.7. The third-order valence-corrected chi connectivity index (χ3v) is 8.14. The van der Waals surface area contributed by atoms with E-state index in [0.717, 1.165) is 81.2 Å². The molecule has 8 heteroatoms. The van der Waals surface area contributed by atoms with E-state index in [0.29, 0.717) is 6.04 Å². The van der Waals surface area contributed by atoms with Crippen LogP contribution in [-0.4, -0.2) is 37.3 Å². The standard InChI is InChI=1S/C28H36BrN3O.C4H7F3/c1-3-4-25(31-24-13-17-30-18-14-24)26(19-21-7-11-23(29)12-8-21)32-27(33)28(15-16-28)22-9-5-20(2)6-10-22;1-3(2)4(5,6)7/h4-12,24,26,30-31H,3,13-19H2,1-2H3,(H,32,33);3H,1-2H3/t26-;/m0./s1. The van der Waals surface area contributed by atoms with Crippen molar-refractivity contribution >= 4 is 21.8 Å². The second kappa shape index (κ2) is 14.5. The van der Waals surface area contributed by atoms with Gasteiger partial charge in [-0.15, -0.1) is 0 Å². The van der Waals surface area contributed by atoms with Gasteiger partial charge in [-0.25, -0.2) is 0 Å². The van der Waals surface area contributed by atoms with E-state index < -0.39 is 12.1 Å². The minimum atomic E-state index is -4.00. The molecule has 1 aliphatic carbocycles. The zero-order valence-corrected chi connectivity index (χ0v) is 25.6. The molecule has 1 aliphatic heterocycles. The van der Waals surface area contributed by atoms with E-state index in [1.165, 1.54) is 11.1 Å². The van der Waals surface area contributed by atoms with Crippen LogP contribution in [0, 0.1) is 12.8 Å². The van der Waals surface area contributed by atoms with Gasteiger partial charge in [0.25, 0.3) is 0 Å². The molecule has 0 aromatic heterocycles. The van der Waals surface area contributed by atoms with Gasteiger partial charge in [-0.2, -0.15) is 13.2 Å². The summed E-state index contributed by atoms with van der Waals surface area (Å²) < 4.78 is 34.6. The lowest BCUT2D eigenvalue weighted by molar-refractivity contribution is -0.164. The van der Waals surface area contributed by atoms with Crippen LogP contribution in [0.1, 0.15) is 69.6 Å². The highest BCUT2D eigenvalue weighted by Crippen LogP contribution is 2.48. The van der Waals surface area contributed by atoms with Crippen LogP contribution in [-0.2, 0) is 16.6 Å². The maximum absolute atomic E-state index is 13.7. The van der Waals surface area contributed by atoms with Gasteiger partial charge in [-0.1, -0.05) is 84.7 Å². The van der Waals surface area contributed by atoms with Gasteiger partial charge >= 0.3 is 6.18 Å². The molecule has 1 saturated heterocycles. The molecule has 0 bridgehead atoms. The van der Waals surface area contributed by atoms with Crippen molar-refractivity contribution < 1.29 is 18.0 Å². The summed E-state index contributed by atoms with van der Waals surface area (Å²) >= 11 is 3.54. The summed E-state index contributed by atoms with van der Waals surface area (Å²) in [4.78, 5) is 13.7. The Balaban J connectivity index is 0.000000559. The predicted octanol–water partition coefficient (Wildman–Crippen LogP) is 7.36. The quantitative estimate of drug-likeness (QED) is 0.274. The number of piperidine rings is 1. The number of amides is 1. The summed E-state index contributed by atoms with van der Waals surface area (Å²) in [6.07, 6.45) is 4.01. The first-order chi connectivity index (χ1) is 18.9. The molecule has 4 rings (SSSR count). The van der Waals surface area contributed by atoms with Crippen molar-refractivity contribution in [2.45, 2.75) is 89.9 Å². The normalized spacial score (nSPS) is 18.0. The lowest BCUT2D eigenvalue weighted by Gasteiger charge is -2.31. The second-order valence-corrected chi connectivity index (χ2v) is 12.2. The van der Waals surface area contributed by atoms with Gasteiger partial charge < -0.3 is 16.0 Å². The Labute approximate surface area is 245 Å². The van der Waals surface area contributed by atoms with Gasteiger partial charge in [-0.05, 0) is 81.8 Å². The zero-order valence-electron chi connectivity index (χ0n) is 24.0. The SMILES string of the molecule is CC(C)C(F)(F)F.CCC=C(NC1CCNCC1)[C@H](Cc1ccc(Br)cc1)NC(=O)C1(c2ccc(C)cc2)CC1. The molecule has 4 nitrogen and oxygen atoms in total. The van der Waals surface area contributed by atoms with E-state index in [1.807, 2.05) is 0 Å². The molecule has 1 heterocycles. The van der Waals surface area contributed by atoms with E-state index in [1.54, 1.807) is 0 Å². The molecule has 0 unspecified atom stereocenters. The molecule has 2 fully saturated rings. The number of carbonyl (C=O) groups is 1. The first-order valence-electron chi connectivity index (χ1n) is 14.3. The number of aryl methyl sites for hydroxylation is 1. The summed E-state index contributed by atoms with van der Waals surface area (Å²) in [7, 11) is 0. The summed E-state index contributed by atoms with van der Waals surface area (Å²) in [5.74, 6) is -1.05. The van der Waals surface area contributed by atoms with Gasteiger partial charge in [0.05, 0.1) is 11.5 Å². The van der Waals surface area contributed by atoms with Gasteiger partial charge in [0, 0.05) is 22.1 Å². The average molecular weight is 623 g/mol. The summed E-state index contributed by atoms with van der Waals surface area (Å²) in [6, 6.07) is 17.3. The molecule has 220 valence electrons.